The van der Waals surface area contributed by atoms with Crippen LogP contribution in [0.4, 0.5) is 0 Å². The van der Waals surface area contributed by atoms with E-state index in [1.54, 1.807) is 0 Å². The number of carbonyl (C=O) groups is 1. The Hall–Kier alpha value is -2.66. The van der Waals surface area contributed by atoms with Gasteiger partial charge in [-0.1, -0.05) is 36.4 Å². The van der Waals surface area contributed by atoms with Crippen molar-refractivity contribution in [3.63, 3.8) is 0 Å². The van der Waals surface area contributed by atoms with Crippen molar-refractivity contribution in [2.24, 2.45) is 0 Å². The summed E-state index contributed by atoms with van der Waals surface area (Å²) in [6.07, 6.45) is 2.19. The smallest absolute Gasteiger partial charge is 0.249 e. The molecule has 2 aromatic carbocycles. The molecule has 1 aliphatic rings. The lowest BCUT2D eigenvalue weighted by atomic mass is 10.1. The second-order valence-electron chi connectivity index (χ2n) is 7.07. The molecule has 1 aliphatic heterocycles. The molecule has 0 aliphatic carbocycles. The van der Waals surface area contributed by atoms with Crippen molar-refractivity contribution in [3.8, 4) is 0 Å². The van der Waals surface area contributed by atoms with Crippen LogP contribution in [0.15, 0.2) is 48.5 Å². The summed E-state index contributed by atoms with van der Waals surface area (Å²) in [7, 11) is 0. The number of fused-ring (bicyclic) bond motifs is 1. The number of hydrogen-bond donors (Lipinski definition) is 1. The maximum absolute atomic E-state index is 12.2. The van der Waals surface area contributed by atoms with Crippen molar-refractivity contribution in [3.05, 3.63) is 65.5 Å². The largest absolute Gasteiger partial charge is 0.368 e. The molecule has 0 bridgehead atoms. The van der Waals surface area contributed by atoms with E-state index in [2.05, 4.69) is 47.1 Å². The molecule has 1 saturated heterocycles. The van der Waals surface area contributed by atoms with E-state index in [9.17, 15) is 4.79 Å². The van der Waals surface area contributed by atoms with Crippen LogP contribution in [0.25, 0.3) is 11.0 Å². The van der Waals surface area contributed by atoms with Crippen LogP contribution in [0.5, 0.6) is 0 Å². The Bertz CT molecular complexity index is 942. The van der Waals surface area contributed by atoms with Gasteiger partial charge in [0.15, 0.2) is 0 Å². The van der Waals surface area contributed by atoms with Gasteiger partial charge >= 0.3 is 0 Å². The molecule has 1 N–H and O–H groups in total. The SMILES string of the molecule is Cc1ccccc1Cn1c(CCNC(=O)C2CCCO2)nc2ccccc21. The zero-order valence-corrected chi connectivity index (χ0v) is 15.6. The Morgan fingerprint density at radius 1 is 1.22 bits per heavy atom. The molecule has 1 unspecified atom stereocenters. The predicted molar refractivity (Wildman–Crippen MR) is 106 cm³/mol. The van der Waals surface area contributed by atoms with Gasteiger partial charge in [-0.05, 0) is 43.0 Å². The second-order valence-corrected chi connectivity index (χ2v) is 7.07. The Balaban J connectivity index is 1.53. The fourth-order valence-electron chi connectivity index (χ4n) is 3.65. The van der Waals surface area contributed by atoms with Crippen molar-refractivity contribution >= 4 is 16.9 Å². The number of nitrogens with one attached hydrogen (secondary N) is 1. The highest BCUT2D eigenvalue weighted by Gasteiger charge is 2.23. The summed E-state index contributed by atoms with van der Waals surface area (Å²) < 4.78 is 7.71. The fraction of sp³-hybridized carbons (Fsp3) is 0.364. The zero-order valence-electron chi connectivity index (χ0n) is 15.6. The molecule has 140 valence electrons. The lowest BCUT2D eigenvalue weighted by molar-refractivity contribution is -0.130. The zero-order chi connectivity index (χ0) is 18.6. The van der Waals surface area contributed by atoms with Crippen LogP contribution in [0, 0.1) is 6.92 Å². The van der Waals surface area contributed by atoms with Crippen molar-refractivity contribution in [2.45, 2.75) is 38.8 Å². The number of rotatable bonds is 6. The summed E-state index contributed by atoms with van der Waals surface area (Å²) in [6, 6.07) is 16.6. The lowest BCUT2D eigenvalue weighted by Gasteiger charge is -2.13. The van der Waals surface area contributed by atoms with Gasteiger partial charge in [-0.3, -0.25) is 4.79 Å². The van der Waals surface area contributed by atoms with Crippen molar-refractivity contribution < 1.29 is 9.53 Å². The maximum Gasteiger partial charge on any atom is 0.249 e. The number of aryl methyl sites for hydroxylation is 1. The Morgan fingerprint density at radius 3 is 2.85 bits per heavy atom. The Labute approximate surface area is 159 Å². The third-order valence-corrected chi connectivity index (χ3v) is 5.19. The second kappa shape index (κ2) is 7.92. The minimum absolute atomic E-state index is 0.00550. The Kier molecular flexibility index (Phi) is 5.21. The number of amides is 1. The summed E-state index contributed by atoms with van der Waals surface area (Å²) in [4.78, 5) is 17.0. The number of aromatic nitrogens is 2. The van der Waals surface area contributed by atoms with Gasteiger partial charge in [-0.2, -0.15) is 0 Å². The van der Waals surface area contributed by atoms with E-state index >= 15 is 0 Å². The van der Waals surface area contributed by atoms with Crippen LogP contribution in [0.2, 0.25) is 0 Å². The van der Waals surface area contributed by atoms with Crippen molar-refractivity contribution in [2.75, 3.05) is 13.2 Å². The van der Waals surface area contributed by atoms with Gasteiger partial charge in [0.1, 0.15) is 11.9 Å². The molecule has 0 radical (unpaired) electrons. The van der Waals surface area contributed by atoms with E-state index in [4.69, 9.17) is 9.72 Å². The molecule has 1 amide bonds. The van der Waals surface area contributed by atoms with Gasteiger partial charge in [0.2, 0.25) is 5.91 Å². The van der Waals surface area contributed by atoms with E-state index in [-0.39, 0.29) is 12.0 Å². The predicted octanol–water partition coefficient (Wildman–Crippen LogP) is 3.23. The average molecular weight is 363 g/mol. The van der Waals surface area contributed by atoms with Crippen LogP contribution in [-0.2, 0) is 22.5 Å². The van der Waals surface area contributed by atoms with E-state index in [1.807, 2.05) is 18.2 Å². The van der Waals surface area contributed by atoms with Gasteiger partial charge in [-0.25, -0.2) is 4.98 Å². The van der Waals surface area contributed by atoms with Crippen molar-refractivity contribution in [1.82, 2.24) is 14.9 Å². The Morgan fingerprint density at radius 2 is 2.04 bits per heavy atom. The number of benzene rings is 2. The molecule has 27 heavy (non-hydrogen) atoms. The number of nitrogens with zero attached hydrogens (tertiary/aromatic N) is 2. The monoisotopic (exact) mass is 363 g/mol. The van der Waals surface area contributed by atoms with Crippen LogP contribution >= 0.6 is 0 Å². The number of ether oxygens (including phenoxy) is 1. The van der Waals surface area contributed by atoms with Gasteiger partial charge in [0.25, 0.3) is 0 Å². The van der Waals surface area contributed by atoms with E-state index in [1.165, 1.54) is 11.1 Å². The van der Waals surface area contributed by atoms with Crippen LogP contribution in [0.3, 0.4) is 0 Å². The molecule has 0 saturated carbocycles. The van der Waals surface area contributed by atoms with Crippen molar-refractivity contribution in [1.29, 1.82) is 0 Å². The fourth-order valence-corrected chi connectivity index (χ4v) is 3.65. The summed E-state index contributed by atoms with van der Waals surface area (Å²) in [5.41, 5.74) is 4.67. The molecular formula is C22H25N3O2. The van der Waals surface area contributed by atoms with E-state index in [0.717, 1.165) is 36.2 Å². The maximum atomic E-state index is 12.2. The highest BCUT2D eigenvalue weighted by atomic mass is 16.5. The molecule has 1 atom stereocenters. The van der Waals surface area contributed by atoms with Crippen LogP contribution in [0.1, 0.15) is 29.8 Å². The summed E-state index contributed by atoms with van der Waals surface area (Å²) in [6.45, 7) is 4.16. The minimum Gasteiger partial charge on any atom is -0.368 e. The summed E-state index contributed by atoms with van der Waals surface area (Å²) in [5.74, 6) is 0.987. The third-order valence-electron chi connectivity index (χ3n) is 5.19. The van der Waals surface area contributed by atoms with E-state index in [0.29, 0.717) is 19.6 Å². The first-order valence-corrected chi connectivity index (χ1v) is 9.60. The number of hydrogen-bond acceptors (Lipinski definition) is 3. The minimum atomic E-state index is -0.282. The number of carbonyl (C=O) groups excluding carboxylic acids is 1. The first-order valence-electron chi connectivity index (χ1n) is 9.60. The van der Waals surface area contributed by atoms with Gasteiger partial charge in [0.05, 0.1) is 11.0 Å². The molecule has 3 aromatic rings. The van der Waals surface area contributed by atoms with Crippen LogP contribution in [-0.4, -0.2) is 34.7 Å². The van der Waals surface area contributed by atoms with E-state index < -0.39 is 0 Å². The molecule has 5 nitrogen and oxygen atoms in total. The van der Waals surface area contributed by atoms with Crippen LogP contribution < -0.4 is 5.32 Å². The molecule has 2 heterocycles. The highest BCUT2D eigenvalue weighted by Crippen LogP contribution is 2.20. The average Bonchev–Trinajstić information content (AvgIpc) is 3.32. The molecule has 5 heteroatoms. The van der Waals surface area contributed by atoms with Gasteiger partial charge < -0.3 is 14.6 Å². The first-order chi connectivity index (χ1) is 13.2. The van der Waals surface area contributed by atoms with Gasteiger partial charge in [0, 0.05) is 26.1 Å². The number of para-hydroxylation sites is 2. The lowest BCUT2D eigenvalue weighted by Crippen LogP contribution is -2.35. The molecule has 1 fully saturated rings. The first kappa shape index (κ1) is 17.7. The molecule has 4 rings (SSSR count). The standard InChI is InChI=1S/C22H25N3O2/c1-16-7-2-3-8-17(16)15-25-19-10-5-4-9-18(19)24-21(25)12-13-23-22(26)20-11-6-14-27-20/h2-5,7-10,20H,6,11-15H2,1H3,(H,23,26). The highest BCUT2D eigenvalue weighted by molar-refractivity contribution is 5.81. The summed E-state index contributed by atoms with van der Waals surface area (Å²) in [5, 5.41) is 3.00. The summed E-state index contributed by atoms with van der Waals surface area (Å²) >= 11 is 0. The number of imidazole rings is 1. The van der Waals surface area contributed by atoms with Gasteiger partial charge in [-0.15, -0.1) is 0 Å². The topological polar surface area (TPSA) is 56.2 Å². The molecule has 0 spiro atoms. The normalized spacial score (nSPS) is 16.7. The molecule has 1 aromatic heterocycles. The third kappa shape index (κ3) is 3.88. The quantitative estimate of drug-likeness (QED) is 0.731. The molecular weight excluding hydrogens is 338 g/mol.